The molecule has 2 aromatic rings. The summed E-state index contributed by atoms with van der Waals surface area (Å²) in [6.45, 7) is 4.55. The highest BCUT2D eigenvalue weighted by Crippen LogP contribution is 2.50. The highest BCUT2D eigenvalue weighted by Gasteiger charge is 2.52. The Bertz CT molecular complexity index is 826. The molecule has 26 heavy (non-hydrogen) atoms. The fraction of sp³-hybridized carbons (Fsp3) is 0.364. The Morgan fingerprint density at radius 1 is 1.08 bits per heavy atom. The third kappa shape index (κ3) is 2.65. The number of methoxy groups -OCH3 is 2. The average Bonchev–Trinajstić information content (AvgIpc) is 3.15. The van der Waals surface area contributed by atoms with E-state index in [4.69, 9.17) is 14.3 Å². The average molecular weight is 351 g/mol. The summed E-state index contributed by atoms with van der Waals surface area (Å²) in [4.78, 5) is 6.36. The van der Waals surface area contributed by atoms with Crippen molar-refractivity contribution in [1.82, 2.24) is 0 Å². The number of rotatable bonds is 4. The predicted molar refractivity (Wildman–Crippen MR) is 104 cm³/mol. The highest BCUT2D eigenvalue weighted by atomic mass is 16.7. The van der Waals surface area contributed by atoms with E-state index in [-0.39, 0.29) is 11.5 Å². The molecule has 0 bridgehead atoms. The van der Waals surface area contributed by atoms with E-state index in [0.717, 1.165) is 29.2 Å². The minimum Gasteiger partial charge on any atom is -0.497 e. The summed E-state index contributed by atoms with van der Waals surface area (Å²) in [6.07, 6.45) is 5.26. The first-order valence-electron chi connectivity index (χ1n) is 8.98. The van der Waals surface area contributed by atoms with E-state index in [2.05, 4.69) is 49.3 Å². The monoisotopic (exact) mass is 351 g/mol. The van der Waals surface area contributed by atoms with E-state index in [1.165, 1.54) is 5.56 Å². The number of anilines is 1. The Hall–Kier alpha value is -2.46. The molecule has 2 heterocycles. The van der Waals surface area contributed by atoms with E-state index in [0.29, 0.717) is 6.04 Å². The molecule has 0 radical (unpaired) electrons. The summed E-state index contributed by atoms with van der Waals surface area (Å²) >= 11 is 0. The van der Waals surface area contributed by atoms with Crippen molar-refractivity contribution < 1.29 is 14.3 Å². The second-order valence-corrected chi connectivity index (χ2v) is 7.48. The molecule has 4 heteroatoms. The van der Waals surface area contributed by atoms with E-state index in [1.807, 2.05) is 24.3 Å². The molecule has 0 saturated carbocycles. The maximum absolute atomic E-state index is 6.36. The normalized spacial score (nSPS) is 23.2. The first-order chi connectivity index (χ1) is 12.5. The zero-order valence-electron chi connectivity index (χ0n) is 15.7. The lowest BCUT2D eigenvalue weighted by atomic mass is 9.78. The molecule has 136 valence electrons. The van der Waals surface area contributed by atoms with Gasteiger partial charge < -0.3 is 9.47 Å². The largest absolute Gasteiger partial charge is 0.497 e. The second-order valence-electron chi connectivity index (χ2n) is 7.48. The Labute approximate surface area is 154 Å². The minimum atomic E-state index is -0.00694. The number of ether oxygens (including phenoxy) is 2. The van der Waals surface area contributed by atoms with Crippen molar-refractivity contribution in [2.24, 2.45) is 5.41 Å². The second kappa shape index (κ2) is 6.36. The van der Waals surface area contributed by atoms with E-state index in [9.17, 15) is 0 Å². The molecule has 1 fully saturated rings. The van der Waals surface area contributed by atoms with Crippen molar-refractivity contribution in [3.8, 4) is 11.5 Å². The van der Waals surface area contributed by atoms with E-state index >= 15 is 0 Å². The Kier molecular flexibility index (Phi) is 4.16. The molecule has 4 rings (SSSR count). The summed E-state index contributed by atoms with van der Waals surface area (Å²) < 4.78 is 10.8. The van der Waals surface area contributed by atoms with E-state index in [1.54, 1.807) is 14.2 Å². The van der Waals surface area contributed by atoms with Gasteiger partial charge in [-0.1, -0.05) is 44.2 Å². The summed E-state index contributed by atoms with van der Waals surface area (Å²) in [6, 6.07) is 14.5. The number of fused-ring (bicyclic) bond motifs is 3. The van der Waals surface area contributed by atoms with Gasteiger partial charge in [-0.2, -0.15) is 0 Å². The van der Waals surface area contributed by atoms with Crippen LogP contribution in [0.15, 0.2) is 48.5 Å². The van der Waals surface area contributed by atoms with Crippen LogP contribution in [0.4, 0.5) is 5.69 Å². The van der Waals surface area contributed by atoms with Crippen LogP contribution in [0, 0.1) is 5.41 Å². The number of benzene rings is 2. The number of hydrogen-bond donors (Lipinski definition) is 0. The van der Waals surface area contributed by atoms with Crippen molar-refractivity contribution >= 4 is 11.8 Å². The van der Waals surface area contributed by atoms with E-state index < -0.39 is 0 Å². The molecule has 2 aromatic carbocycles. The van der Waals surface area contributed by atoms with Crippen LogP contribution < -0.4 is 14.5 Å². The smallest absolute Gasteiger partial charge is 0.124 e. The van der Waals surface area contributed by atoms with Gasteiger partial charge in [0.05, 0.1) is 25.9 Å². The lowest BCUT2D eigenvalue weighted by molar-refractivity contribution is 0.0849. The van der Waals surface area contributed by atoms with Crippen LogP contribution in [-0.2, 0) is 11.3 Å². The van der Waals surface area contributed by atoms with Gasteiger partial charge in [0.2, 0.25) is 0 Å². The SMILES string of the molecule is COc1ccc(C=CC2ON3c4cccc(OC)c4CC3C2(C)C)cc1. The van der Waals surface area contributed by atoms with Crippen LogP contribution in [0.3, 0.4) is 0 Å². The van der Waals surface area contributed by atoms with Gasteiger partial charge in [-0.25, -0.2) is 5.06 Å². The van der Waals surface area contributed by atoms with Crippen molar-refractivity contribution in [2.75, 3.05) is 19.3 Å². The van der Waals surface area contributed by atoms with Crippen LogP contribution >= 0.6 is 0 Å². The van der Waals surface area contributed by atoms with Gasteiger partial charge in [-0.05, 0) is 29.8 Å². The fourth-order valence-corrected chi connectivity index (χ4v) is 3.94. The minimum absolute atomic E-state index is 0.00694. The van der Waals surface area contributed by atoms with Crippen molar-refractivity contribution in [3.63, 3.8) is 0 Å². The van der Waals surface area contributed by atoms with Gasteiger partial charge in [0.15, 0.2) is 0 Å². The van der Waals surface area contributed by atoms with Gasteiger partial charge in [0.1, 0.15) is 17.6 Å². The maximum Gasteiger partial charge on any atom is 0.124 e. The summed E-state index contributed by atoms with van der Waals surface area (Å²) in [5, 5.41) is 2.08. The van der Waals surface area contributed by atoms with Crippen LogP contribution in [-0.4, -0.2) is 26.4 Å². The van der Waals surface area contributed by atoms with Crippen LogP contribution in [0.25, 0.3) is 6.08 Å². The van der Waals surface area contributed by atoms with Crippen molar-refractivity contribution in [2.45, 2.75) is 32.4 Å². The standard InChI is InChI=1S/C22H25NO3/c1-22(2)20-14-17-18(6-5-7-19(17)25-4)23(20)26-21(22)13-10-15-8-11-16(24-3)12-9-15/h5-13,20-21H,14H2,1-4H3. The van der Waals surface area contributed by atoms with Crippen LogP contribution in [0.1, 0.15) is 25.0 Å². The third-order valence-corrected chi connectivity index (χ3v) is 5.64. The molecular formula is C22H25NO3. The maximum atomic E-state index is 6.36. The quantitative estimate of drug-likeness (QED) is 0.812. The molecule has 0 spiro atoms. The number of nitrogens with zero attached hydrogens (tertiary/aromatic N) is 1. The number of hydroxylamine groups is 1. The predicted octanol–water partition coefficient (Wildman–Crippen LogP) is 4.49. The summed E-state index contributed by atoms with van der Waals surface area (Å²) in [7, 11) is 3.41. The molecule has 0 aromatic heterocycles. The molecule has 0 aliphatic carbocycles. The Morgan fingerprint density at radius 3 is 2.54 bits per heavy atom. The molecule has 2 aliphatic rings. The van der Waals surface area contributed by atoms with Gasteiger partial charge in [-0.3, -0.25) is 4.84 Å². The summed E-state index contributed by atoms with van der Waals surface area (Å²) in [5.41, 5.74) is 3.50. The first-order valence-corrected chi connectivity index (χ1v) is 8.98. The highest BCUT2D eigenvalue weighted by molar-refractivity contribution is 5.64. The van der Waals surface area contributed by atoms with Gasteiger partial charge >= 0.3 is 0 Å². The van der Waals surface area contributed by atoms with Gasteiger partial charge in [-0.15, -0.1) is 0 Å². The Morgan fingerprint density at radius 2 is 1.85 bits per heavy atom. The first kappa shape index (κ1) is 17.0. The van der Waals surface area contributed by atoms with Gasteiger partial charge in [0, 0.05) is 17.4 Å². The molecule has 0 N–H and O–H groups in total. The lowest BCUT2D eigenvalue weighted by Crippen LogP contribution is -2.36. The molecule has 1 saturated heterocycles. The van der Waals surface area contributed by atoms with Crippen LogP contribution in [0.2, 0.25) is 0 Å². The molecule has 2 aliphatic heterocycles. The van der Waals surface area contributed by atoms with Gasteiger partial charge in [0.25, 0.3) is 0 Å². The number of hydrogen-bond acceptors (Lipinski definition) is 4. The molecular weight excluding hydrogens is 326 g/mol. The Balaban J connectivity index is 1.57. The topological polar surface area (TPSA) is 30.9 Å². The molecule has 2 atom stereocenters. The zero-order valence-corrected chi connectivity index (χ0v) is 15.7. The molecule has 4 nitrogen and oxygen atoms in total. The fourth-order valence-electron chi connectivity index (χ4n) is 3.94. The zero-order chi connectivity index (χ0) is 18.3. The molecule has 2 unspecified atom stereocenters. The molecule has 0 amide bonds. The third-order valence-electron chi connectivity index (χ3n) is 5.64. The lowest BCUT2D eigenvalue weighted by Gasteiger charge is -2.26. The summed E-state index contributed by atoms with van der Waals surface area (Å²) in [5.74, 6) is 1.81. The van der Waals surface area contributed by atoms with Crippen molar-refractivity contribution in [1.29, 1.82) is 0 Å². The van der Waals surface area contributed by atoms with Crippen molar-refractivity contribution in [3.05, 3.63) is 59.7 Å². The van der Waals surface area contributed by atoms with Crippen LogP contribution in [0.5, 0.6) is 11.5 Å².